The minimum atomic E-state index is 0.135. The number of imidazole rings is 1. The summed E-state index contributed by atoms with van der Waals surface area (Å²) in [7, 11) is 0. The first-order chi connectivity index (χ1) is 11.7. The quantitative estimate of drug-likeness (QED) is 0.735. The van der Waals surface area contributed by atoms with Gasteiger partial charge in [-0.2, -0.15) is 0 Å². The summed E-state index contributed by atoms with van der Waals surface area (Å²) in [6.07, 6.45) is 6.42. The van der Waals surface area contributed by atoms with Crippen molar-refractivity contribution in [2.45, 2.75) is 19.4 Å². The number of carbonyl (C=O) groups is 1. The number of nitrogens with zero attached hydrogens (tertiary/aromatic N) is 4. The molecular weight excluding hydrogens is 320 g/mol. The smallest absolute Gasteiger partial charge is 0.263 e. The molecule has 0 bridgehead atoms. The highest BCUT2D eigenvalue weighted by Gasteiger charge is 2.30. The molecule has 1 aliphatic heterocycles. The van der Waals surface area contributed by atoms with E-state index in [1.165, 1.54) is 11.3 Å². The molecule has 3 aromatic heterocycles. The highest BCUT2D eigenvalue weighted by molar-refractivity contribution is 7.12. The van der Waals surface area contributed by atoms with E-state index >= 15 is 0 Å². The van der Waals surface area contributed by atoms with Gasteiger partial charge in [0.15, 0.2) is 0 Å². The molecule has 0 saturated carbocycles. The normalized spacial score (nSPS) is 17.4. The van der Waals surface area contributed by atoms with E-state index in [4.69, 9.17) is 0 Å². The van der Waals surface area contributed by atoms with Crippen LogP contribution in [0.1, 0.15) is 27.8 Å². The molecule has 1 saturated heterocycles. The largest absolute Gasteiger partial charge is 0.336 e. The summed E-state index contributed by atoms with van der Waals surface area (Å²) in [5, 5.41) is 1.95. The van der Waals surface area contributed by atoms with Crippen LogP contribution in [0.2, 0.25) is 0 Å². The number of pyridine rings is 1. The van der Waals surface area contributed by atoms with Gasteiger partial charge in [0.25, 0.3) is 5.91 Å². The summed E-state index contributed by atoms with van der Waals surface area (Å²) in [4.78, 5) is 24.0. The summed E-state index contributed by atoms with van der Waals surface area (Å²) < 4.78 is 2.26. The Morgan fingerprint density at radius 2 is 2.12 bits per heavy atom. The minimum Gasteiger partial charge on any atom is -0.336 e. The number of hydrogen-bond acceptors (Lipinski definition) is 4. The first kappa shape index (κ1) is 15.1. The van der Waals surface area contributed by atoms with Gasteiger partial charge >= 0.3 is 0 Å². The Morgan fingerprint density at radius 1 is 1.29 bits per heavy atom. The van der Waals surface area contributed by atoms with Crippen LogP contribution in [0, 0.1) is 6.92 Å². The van der Waals surface area contributed by atoms with Crippen molar-refractivity contribution < 1.29 is 4.79 Å². The van der Waals surface area contributed by atoms with Crippen LogP contribution in [0.5, 0.6) is 0 Å². The number of aromatic nitrogens is 3. The number of likely N-dealkylation sites (tertiary alicyclic amines) is 1. The standard InChI is InChI=1S/C18H18N4OS/c1-13-11-20-17(14-4-7-19-8-5-14)22(13)15-6-9-21(12-15)18(23)16-3-2-10-24-16/h2-5,7-8,10-11,15H,6,9,12H2,1H3. The number of aryl methyl sites for hydroxylation is 1. The second-order valence-corrected chi connectivity index (χ2v) is 6.95. The number of amides is 1. The predicted molar refractivity (Wildman–Crippen MR) is 94.1 cm³/mol. The average Bonchev–Trinajstić information content (AvgIpc) is 3.35. The van der Waals surface area contributed by atoms with Gasteiger partial charge < -0.3 is 9.47 Å². The Balaban J connectivity index is 1.60. The van der Waals surface area contributed by atoms with E-state index in [0.717, 1.165) is 41.5 Å². The van der Waals surface area contributed by atoms with Crippen molar-refractivity contribution in [2.75, 3.05) is 13.1 Å². The van der Waals surface area contributed by atoms with E-state index in [1.807, 2.05) is 40.7 Å². The van der Waals surface area contributed by atoms with E-state index in [-0.39, 0.29) is 11.9 Å². The van der Waals surface area contributed by atoms with E-state index in [1.54, 1.807) is 12.4 Å². The second-order valence-electron chi connectivity index (χ2n) is 6.00. The van der Waals surface area contributed by atoms with Gasteiger partial charge in [-0.25, -0.2) is 4.98 Å². The van der Waals surface area contributed by atoms with Crippen molar-refractivity contribution in [1.82, 2.24) is 19.4 Å². The fraction of sp³-hybridized carbons (Fsp3) is 0.278. The highest BCUT2D eigenvalue weighted by Crippen LogP contribution is 2.30. The molecule has 3 aromatic rings. The number of carbonyl (C=O) groups excluding carboxylic acids is 1. The predicted octanol–water partition coefficient (Wildman–Crippen LogP) is 3.40. The van der Waals surface area contributed by atoms with Gasteiger partial charge in [-0.05, 0) is 36.9 Å². The summed E-state index contributed by atoms with van der Waals surface area (Å²) in [5.41, 5.74) is 2.18. The van der Waals surface area contributed by atoms with E-state index in [2.05, 4.69) is 21.5 Å². The van der Waals surface area contributed by atoms with Crippen LogP contribution >= 0.6 is 11.3 Å². The van der Waals surface area contributed by atoms with Crippen LogP contribution in [-0.4, -0.2) is 38.4 Å². The fourth-order valence-electron chi connectivity index (χ4n) is 3.31. The minimum absolute atomic E-state index is 0.135. The van der Waals surface area contributed by atoms with E-state index in [0.29, 0.717) is 0 Å². The first-order valence-electron chi connectivity index (χ1n) is 8.01. The van der Waals surface area contributed by atoms with Crippen LogP contribution in [-0.2, 0) is 0 Å². The van der Waals surface area contributed by atoms with Crippen molar-refractivity contribution in [3.05, 3.63) is 58.8 Å². The van der Waals surface area contributed by atoms with Gasteiger partial charge in [0, 0.05) is 42.9 Å². The second kappa shape index (κ2) is 6.20. The molecule has 1 amide bonds. The third-order valence-electron chi connectivity index (χ3n) is 4.47. The van der Waals surface area contributed by atoms with Crippen molar-refractivity contribution >= 4 is 17.2 Å². The molecule has 1 unspecified atom stereocenters. The lowest BCUT2D eigenvalue weighted by molar-refractivity contribution is 0.0792. The molecule has 1 fully saturated rings. The zero-order valence-corrected chi connectivity index (χ0v) is 14.2. The third kappa shape index (κ3) is 2.63. The molecule has 4 heterocycles. The van der Waals surface area contributed by atoms with Gasteiger partial charge in [-0.15, -0.1) is 11.3 Å². The Labute approximate surface area is 144 Å². The molecule has 24 heavy (non-hydrogen) atoms. The number of rotatable bonds is 3. The zero-order valence-electron chi connectivity index (χ0n) is 13.4. The van der Waals surface area contributed by atoms with Crippen molar-refractivity contribution in [3.8, 4) is 11.4 Å². The molecule has 1 aliphatic rings. The van der Waals surface area contributed by atoms with Gasteiger partial charge in [0.05, 0.1) is 10.9 Å². The molecule has 122 valence electrons. The lowest BCUT2D eigenvalue weighted by Gasteiger charge is -2.19. The fourth-order valence-corrected chi connectivity index (χ4v) is 4.01. The summed E-state index contributed by atoms with van der Waals surface area (Å²) in [6, 6.07) is 8.03. The number of thiophene rings is 1. The molecule has 5 nitrogen and oxygen atoms in total. The van der Waals surface area contributed by atoms with Crippen LogP contribution in [0.25, 0.3) is 11.4 Å². The zero-order chi connectivity index (χ0) is 16.5. The van der Waals surface area contributed by atoms with Crippen LogP contribution in [0.4, 0.5) is 0 Å². The molecule has 0 radical (unpaired) electrons. The molecule has 4 rings (SSSR count). The van der Waals surface area contributed by atoms with Gasteiger partial charge in [0.2, 0.25) is 0 Å². The lowest BCUT2D eigenvalue weighted by Crippen LogP contribution is -2.28. The van der Waals surface area contributed by atoms with Crippen LogP contribution in [0.3, 0.4) is 0 Å². The maximum atomic E-state index is 12.6. The Bertz CT molecular complexity index is 841. The van der Waals surface area contributed by atoms with Crippen LogP contribution < -0.4 is 0 Å². The van der Waals surface area contributed by atoms with Gasteiger partial charge in [-0.3, -0.25) is 9.78 Å². The highest BCUT2D eigenvalue weighted by atomic mass is 32.1. The monoisotopic (exact) mass is 338 g/mol. The van der Waals surface area contributed by atoms with Crippen molar-refractivity contribution in [1.29, 1.82) is 0 Å². The Kier molecular flexibility index (Phi) is 3.90. The molecule has 0 aromatic carbocycles. The first-order valence-corrected chi connectivity index (χ1v) is 8.89. The van der Waals surface area contributed by atoms with E-state index in [9.17, 15) is 4.79 Å². The van der Waals surface area contributed by atoms with Gasteiger partial charge in [0.1, 0.15) is 5.82 Å². The van der Waals surface area contributed by atoms with Crippen LogP contribution in [0.15, 0.2) is 48.2 Å². The number of hydrogen-bond donors (Lipinski definition) is 0. The Hall–Kier alpha value is -2.47. The average molecular weight is 338 g/mol. The maximum Gasteiger partial charge on any atom is 0.263 e. The summed E-state index contributed by atoms with van der Waals surface area (Å²) >= 11 is 1.50. The van der Waals surface area contributed by atoms with Crippen molar-refractivity contribution in [2.24, 2.45) is 0 Å². The molecule has 1 atom stereocenters. The lowest BCUT2D eigenvalue weighted by atomic mass is 10.2. The molecule has 0 N–H and O–H groups in total. The SMILES string of the molecule is Cc1cnc(-c2ccncc2)n1C1CCN(C(=O)c2cccs2)C1. The third-order valence-corrected chi connectivity index (χ3v) is 5.33. The van der Waals surface area contributed by atoms with E-state index < -0.39 is 0 Å². The summed E-state index contributed by atoms with van der Waals surface area (Å²) in [5.74, 6) is 1.08. The topological polar surface area (TPSA) is 51.0 Å². The van der Waals surface area contributed by atoms with Crippen molar-refractivity contribution in [3.63, 3.8) is 0 Å². The Morgan fingerprint density at radius 3 is 2.88 bits per heavy atom. The molecule has 6 heteroatoms. The van der Waals surface area contributed by atoms with Gasteiger partial charge in [-0.1, -0.05) is 6.07 Å². The molecular formula is C18H18N4OS. The summed E-state index contributed by atoms with van der Waals surface area (Å²) in [6.45, 7) is 3.59. The maximum absolute atomic E-state index is 12.6. The molecule has 0 aliphatic carbocycles. The molecule has 0 spiro atoms.